The van der Waals surface area contributed by atoms with Gasteiger partial charge in [0.15, 0.2) is 0 Å². The van der Waals surface area contributed by atoms with Crippen molar-refractivity contribution in [3.8, 4) is 0 Å². The lowest BCUT2D eigenvalue weighted by Gasteiger charge is -2.34. The first-order valence-corrected chi connectivity index (χ1v) is 9.93. The van der Waals surface area contributed by atoms with Crippen LogP contribution in [0.15, 0.2) is 0 Å². The minimum atomic E-state index is -3.31. The third-order valence-corrected chi connectivity index (χ3v) is 6.40. The molecule has 2 N–H and O–H groups in total. The van der Waals surface area contributed by atoms with Gasteiger partial charge in [0.2, 0.25) is 0 Å². The minimum absolute atomic E-state index is 0.132. The van der Waals surface area contributed by atoms with Gasteiger partial charge in [-0.3, -0.25) is 0 Å². The van der Waals surface area contributed by atoms with Crippen LogP contribution in [0, 0.1) is 11.8 Å². The number of piperidine rings is 1. The number of hydrogen-bond donors (Lipinski definition) is 2. The van der Waals surface area contributed by atoms with Gasteiger partial charge in [0.25, 0.3) is 10.2 Å². The average molecular weight is 317 g/mol. The lowest BCUT2D eigenvalue weighted by atomic mass is 9.88. The molecule has 3 unspecified atom stereocenters. The van der Waals surface area contributed by atoms with Crippen molar-refractivity contribution in [3.05, 3.63) is 0 Å². The Bertz CT molecular complexity index is 413. The maximum absolute atomic E-state index is 12.6. The Labute approximate surface area is 130 Å². The summed E-state index contributed by atoms with van der Waals surface area (Å²) in [5, 5.41) is 3.34. The highest BCUT2D eigenvalue weighted by molar-refractivity contribution is 7.87. The predicted molar refractivity (Wildman–Crippen MR) is 86.3 cm³/mol. The Morgan fingerprint density at radius 1 is 1.19 bits per heavy atom. The van der Waals surface area contributed by atoms with Crippen molar-refractivity contribution in [2.45, 2.75) is 58.4 Å². The molecule has 0 amide bonds. The summed E-state index contributed by atoms with van der Waals surface area (Å²) in [5.74, 6) is 1.08. The standard InChI is InChI=1S/C15H31N3O2S/c1-3-16-11-14-7-5-9-18(12-14)21(19,20)17-15-8-4-6-13(2)10-15/h13-17H,3-12H2,1-2H3. The molecule has 2 rings (SSSR count). The van der Waals surface area contributed by atoms with Crippen molar-refractivity contribution in [1.29, 1.82) is 0 Å². The van der Waals surface area contributed by atoms with Crippen LogP contribution in [0.1, 0.15) is 52.4 Å². The van der Waals surface area contributed by atoms with E-state index < -0.39 is 10.2 Å². The molecule has 2 aliphatic rings. The lowest BCUT2D eigenvalue weighted by molar-refractivity contribution is 0.253. The van der Waals surface area contributed by atoms with E-state index in [1.807, 2.05) is 0 Å². The van der Waals surface area contributed by atoms with Gasteiger partial charge in [-0.2, -0.15) is 17.4 Å². The van der Waals surface area contributed by atoms with Crippen LogP contribution in [0.5, 0.6) is 0 Å². The number of hydrogen-bond acceptors (Lipinski definition) is 3. The van der Waals surface area contributed by atoms with Crippen LogP contribution < -0.4 is 10.0 Å². The van der Waals surface area contributed by atoms with Crippen LogP contribution in [0.25, 0.3) is 0 Å². The molecule has 0 aromatic rings. The molecule has 1 saturated carbocycles. The zero-order valence-corrected chi connectivity index (χ0v) is 14.3. The van der Waals surface area contributed by atoms with Gasteiger partial charge in [-0.1, -0.05) is 26.7 Å². The Morgan fingerprint density at radius 3 is 2.71 bits per heavy atom. The minimum Gasteiger partial charge on any atom is -0.317 e. The first-order chi connectivity index (χ1) is 10.0. The zero-order chi connectivity index (χ0) is 15.3. The van der Waals surface area contributed by atoms with E-state index in [1.54, 1.807) is 4.31 Å². The Balaban J connectivity index is 1.88. The Hall–Kier alpha value is -0.170. The molecule has 1 heterocycles. The summed E-state index contributed by atoms with van der Waals surface area (Å²) in [4.78, 5) is 0. The topological polar surface area (TPSA) is 61.4 Å². The summed E-state index contributed by atoms with van der Waals surface area (Å²) in [6, 6.07) is 0.132. The lowest BCUT2D eigenvalue weighted by Crippen LogP contribution is -2.50. The van der Waals surface area contributed by atoms with E-state index in [0.29, 0.717) is 24.9 Å². The molecule has 1 aliphatic heterocycles. The zero-order valence-electron chi connectivity index (χ0n) is 13.5. The van der Waals surface area contributed by atoms with Gasteiger partial charge in [-0.05, 0) is 50.6 Å². The Morgan fingerprint density at radius 2 is 2.00 bits per heavy atom. The van der Waals surface area contributed by atoms with Gasteiger partial charge in [-0.15, -0.1) is 0 Å². The summed E-state index contributed by atoms with van der Waals surface area (Å²) in [6.07, 6.45) is 6.42. The molecule has 0 bridgehead atoms. The molecule has 6 heteroatoms. The van der Waals surface area contributed by atoms with Crippen LogP contribution in [-0.2, 0) is 10.2 Å². The smallest absolute Gasteiger partial charge is 0.279 e. The van der Waals surface area contributed by atoms with Crippen molar-refractivity contribution in [1.82, 2.24) is 14.3 Å². The number of rotatable bonds is 6. The van der Waals surface area contributed by atoms with Crippen LogP contribution >= 0.6 is 0 Å². The summed E-state index contributed by atoms with van der Waals surface area (Å²) in [7, 11) is -3.31. The molecule has 0 aromatic carbocycles. The normalized spacial score (nSPS) is 32.2. The molecular weight excluding hydrogens is 286 g/mol. The number of nitrogens with zero attached hydrogens (tertiary/aromatic N) is 1. The molecule has 1 aliphatic carbocycles. The fourth-order valence-corrected chi connectivity index (χ4v) is 5.15. The highest BCUT2D eigenvalue weighted by atomic mass is 32.2. The first-order valence-electron chi connectivity index (χ1n) is 8.49. The van der Waals surface area contributed by atoms with Crippen molar-refractivity contribution in [3.63, 3.8) is 0 Å². The maximum atomic E-state index is 12.6. The fourth-order valence-electron chi connectivity index (χ4n) is 3.59. The summed E-state index contributed by atoms with van der Waals surface area (Å²) in [6.45, 7) is 7.49. The van der Waals surface area contributed by atoms with E-state index in [0.717, 1.165) is 45.2 Å². The van der Waals surface area contributed by atoms with Crippen molar-refractivity contribution < 1.29 is 8.42 Å². The van der Waals surface area contributed by atoms with Gasteiger partial charge in [0.1, 0.15) is 0 Å². The molecule has 21 heavy (non-hydrogen) atoms. The van der Waals surface area contributed by atoms with Crippen molar-refractivity contribution in [2.75, 3.05) is 26.2 Å². The third kappa shape index (κ3) is 5.20. The maximum Gasteiger partial charge on any atom is 0.279 e. The van der Waals surface area contributed by atoms with Crippen LogP contribution in [0.2, 0.25) is 0 Å². The highest BCUT2D eigenvalue weighted by Gasteiger charge is 2.31. The molecule has 0 radical (unpaired) electrons. The molecular formula is C15H31N3O2S. The molecule has 2 fully saturated rings. The van der Waals surface area contributed by atoms with E-state index >= 15 is 0 Å². The second kappa shape index (κ2) is 7.90. The van der Waals surface area contributed by atoms with E-state index in [-0.39, 0.29) is 6.04 Å². The first kappa shape index (κ1) is 17.2. The molecule has 1 saturated heterocycles. The summed E-state index contributed by atoms with van der Waals surface area (Å²) < 4.78 is 29.8. The quantitative estimate of drug-likeness (QED) is 0.784. The molecule has 0 spiro atoms. The third-order valence-electron chi connectivity index (χ3n) is 4.76. The van der Waals surface area contributed by atoms with Crippen LogP contribution in [0.3, 0.4) is 0 Å². The fraction of sp³-hybridized carbons (Fsp3) is 1.00. The SMILES string of the molecule is CCNCC1CCCN(S(=O)(=O)NC2CCCC(C)C2)C1. The Kier molecular flexibility index (Phi) is 6.47. The van der Waals surface area contributed by atoms with Gasteiger partial charge in [0, 0.05) is 19.1 Å². The highest BCUT2D eigenvalue weighted by Crippen LogP contribution is 2.25. The van der Waals surface area contributed by atoms with E-state index in [2.05, 4.69) is 23.9 Å². The van der Waals surface area contributed by atoms with E-state index in [4.69, 9.17) is 0 Å². The molecule has 3 atom stereocenters. The van der Waals surface area contributed by atoms with E-state index in [1.165, 1.54) is 6.42 Å². The second-order valence-corrected chi connectivity index (χ2v) is 8.47. The largest absolute Gasteiger partial charge is 0.317 e. The monoisotopic (exact) mass is 317 g/mol. The summed E-state index contributed by atoms with van der Waals surface area (Å²) >= 11 is 0. The second-order valence-electron chi connectivity index (χ2n) is 6.77. The molecule has 5 nitrogen and oxygen atoms in total. The van der Waals surface area contributed by atoms with Crippen molar-refractivity contribution in [2.24, 2.45) is 11.8 Å². The number of nitrogens with one attached hydrogen (secondary N) is 2. The van der Waals surface area contributed by atoms with Gasteiger partial charge < -0.3 is 5.32 Å². The van der Waals surface area contributed by atoms with Crippen molar-refractivity contribution >= 4 is 10.2 Å². The summed E-state index contributed by atoms with van der Waals surface area (Å²) in [5.41, 5.74) is 0. The van der Waals surface area contributed by atoms with Gasteiger partial charge >= 0.3 is 0 Å². The van der Waals surface area contributed by atoms with E-state index in [9.17, 15) is 8.42 Å². The van der Waals surface area contributed by atoms with Crippen LogP contribution in [0.4, 0.5) is 0 Å². The predicted octanol–water partition coefficient (Wildman–Crippen LogP) is 1.72. The molecule has 0 aromatic heterocycles. The van der Waals surface area contributed by atoms with Gasteiger partial charge in [-0.25, -0.2) is 0 Å². The van der Waals surface area contributed by atoms with Gasteiger partial charge in [0.05, 0.1) is 0 Å². The average Bonchev–Trinajstić information content (AvgIpc) is 2.45. The molecule has 124 valence electrons. The van der Waals surface area contributed by atoms with Crippen LogP contribution in [-0.4, -0.2) is 44.9 Å².